The largest absolute Gasteiger partial charge is 0.310 e. The van der Waals surface area contributed by atoms with Crippen molar-refractivity contribution in [3.05, 3.63) is 71.5 Å². The fourth-order valence-corrected chi connectivity index (χ4v) is 2.69. The molecule has 1 aliphatic carbocycles. The molecule has 0 aliphatic heterocycles. The third-order valence-corrected chi connectivity index (χ3v) is 3.89. The van der Waals surface area contributed by atoms with E-state index < -0.39 is 0 Å². The number of halogens is 1. The van der Waals surface area contributed by atoms with E-state index in [4.69, 9.17) is 0 Å². The van der Waals surface area contributed by atoms with Gasteiger partial charge in [-0.1, -0.05) is 42.5 Å². The minimum Gasteiger partial charge on any atom is -0.310 e. The normalized spacial score (nSPS) is 21.9. The maximum Gasteiger partial charge on any atom is 0.123 e. The zero-order valence-corrected chi connectivity index (χ0v) is 10.9. The van der Waals surface area contributed by atoms with Gasteiger partial charge >= 0.3 is 0 Å². The summed E-state index contributed by atoms with van der Waals surface area (Å²) >= 11 is 0. The standard InChI is InChI=1S/C17H18FN/c18-16-8-4-5-13(9-16)12-19-17-10-15(11-17)14-6-2-1-3-7-14/h1-9,15,17,19H,10-12H2. The summed E-state index contributed by atoms with van der Waals surface area (Å²) in [6.07, 6.45) is 2.36. The van der Waals surface area contributed by atoms with Crippen molar-refractivity contribution >= 4 is 0 Å². The molecule has 1 saturated carbocycles. The highest BCUT2D eigenvalue weighted by molar-refractivity contribution is 5.23. The zero-order valence-electron chi connectivity index (χ0n) is 10.9. The second-order valence-corrected chi connectivity index (χ2v) is 5.29. The fourth-order valence-electron chi connectivity index (χ4n) is 2.69. The quantitative estimate of drug-likeness (QED) is 0.874. The van der Waals surface area contributed by atoms with Crippen LogP contribution < -0.4 is 5.32 Å². The van der Waals surface area contributed by atoms with Crippen molar-refractivity contribution in [1.82, 2.24) is 5.32 Å². The van der Waals surface area contributed by atoms with Crippen LogP contribution in [-0.4, -0.2) is 6.04 Å². The number of benzene rings is 2. The molecule has 98 valence electrons. The molecule has 1 aliphatic rings. The molecule has 1 N–H and O–H groups in total. The van der Waals surface area contributed by atoms with E-state index in [9.17, 15) is 4.39 Å². The molecule has 1 fully saturated rings. The minimum atomic E-state index is -0.157. The molecule has 0 saturated heterocycles. The molecular weight excluding hydrogens is 237 g/mol. The summed E-state index contributed by atoms with van der Waals surface area (Å²) in [5.41, 5.74) is 2.45. The maximum atomic E-state index is 13.0. The molecule has 0 radical (unpaired) electrons. The molecule has 0 atom stereocenters. The van der Waals surface area contributed by atoms with E-state index in [1.54, 1.807) is 12.1 Å². The predicted molar refractivity (Wildman–Crippen MR) is 75.4 cm³/mol. The Balaban J connectivity index is 1.47. The number of rotatable bonds is 4. The summed E-state index contributed by atoms with van der Waals surface area (Å²) in [6, 6.07) is 18.0. The van der Waals surface area contributed by atoms with Crippen LogP contribution in [0.15, 0.2) is 54.6 Å². The summed E-state index contributed by atoms with van der Waals surface area (Å²) in [7, 11) is 0. The molecule has 0 spiro atoms. The monoisotopic (exact) mass is 255 g/mol. The molecule has 1 nitrogen and oxygen atoms in total. The molecule has 0 unspecified atom stereocenters. The first-order valence-electron chi connectivity index (χ1n) is 6.84. The Kier molecular flexibility index (Phi) is 3.60. The zero-order chi connectivity index (χ0) is 13.1. The van der Waals surface area contributed by atoms with E-state index in [1.807, 2.05) is 6.07 Å². The number of hydrogen-bond acceptors (Lipinski definition) is 1. The Labute approximate surface area is 113 Å². The van der Waals surface area contributed by atoms with Crippen molar-refractivity contribution in [2.75, 3.05) is 0 Å². The van der Waals surface area contributed by atoms with Crippen LogP contribution in [0.5, 0.6) is 0 Å². The fraction of sp³-hybridized carbons (Fsp3) is 0.294. The first-order valence-corrected chi connectivity index (χ1v) is 6.84. The van der Waals surface area contributed by atoms with Crippen LogP contribution >= 0.6 is 0 Å². The molecule has 19 heavy (non-hydrogen) atoms. The van der Waals surface area contributed by atoms with Crippen molar-refractivity contribution in [2.24, 2.45) is 0 Å². The van der Waals surface area contributed by atoms with Crippen LogP contribution in [0.25, 0.3) is 0 Å². The Morgan fingerprint density at radius 2 is 1.79 bits per heavy atom. The van der Waals surface area contributed by atoms with Crippen molar-refractivity contribution in [1.29, 1.82) is 0 Å². The molecule has 2 heteroatoms. The maximum absolute atomic E-state index is 13.0. The van der Waals surface area contributed by atoms with Crippen LogP contribution in [0, 0.1) is 5.82 Å². The van der Waals surface area contributed by atoms with E-state index in [0.29, 0.717) is 12.0 Å². The molecule has 2 aromatic carbocycles. The summed E-state index contributed by atoms with van der Waals surface area (Å²) in [4.78, 5) is 0. The number of hydrogen-bond donors (Lipinski definition) is 1. The van der Waals surface area contributed by atoms with Crippen LogP contribution in [0.1, 0.15) is 29.9 Å². The van der Waals surface area contributed by atoms with Gasteiger partial charge in [0, 0.05) is 12.6 Å². The van der Waals surface area contributed by atoms with Crippen molar-refractivity contribution in [3.63, 3.8) is 0 Å². The van der Waals surface area contributed by atoms with E-state index in [2.05, 4.69) is 35.6 Å². The molecular formula is C17H18FN. The van der Waals surface area contributed by atoms with Crippen LogP contribution in [0.2, 0.25) is 0 Å². The van der Waals surface area contributed by atoms with Gasteiger partial charge in [-0.2, -0.15) is 0 Å². The lowest BCUT2D eigenvalue weighted by Crippen LogP contribution is -2.39. The van der Waals surface area contributed by atoms with Gasteiger partial charge < -0.3 is 5.32 Å². The van der Waals surface area contributed by atoms with Crippen LogP contribution in [0.3, 0.4) is 0 Å². The predicted octanol–water partition coefficient (Wildman–Crippen LogP) is 3.86. The Bertz CT molecular complexity index is 532. The lowest BCUT2D eigenvalue weighted by molar-refractivity contribution is 0.289. The molecule has 2 aromatic rings. The summed E-state index contributed by atoms with van der Waals surface area (Å²) < 4.78 is 13.0. The topological polar surface area (TPSA) is 12.0 Å². The highest BCUT2D eigenvalue weighted by atomic mass is 19.1. The van der Waals surface area contributed by atoms with Gasteiger partial charge in [0.15, 0.2) is 0 Å². The third-order valence-electron chi connectivity index (χ3n) is 3.89. The molecule has 0 aromatic heterocycles. The number of nitrogens with one attached hydrogen (secondary N) is 1. The van der Waals surface area contributed by atoms with Gasteiger partial charge in [0.05, 0.1) is 0 Å². The van der Waals surface area contributed by atoms with Gasteiger partial charge in [-0.3, -0.25) is 0 Å². The van der Waals surface area contributed by atoms with Crippen molar-refractivity contribution in [2.45, 2.75) is 31.3 Å². The average Bonchev–Trinajstić information content (AvgIpc) is 2.38. The second-order valence-electron chi connectivity index (χ2n) is 5.29. The van der Waals surface area contributed by atoms with E-state index in [0.717, 1.165) is 12.1 Å². The highest BCUT2D eigenvalue weighted by Gasteiger charge is 2.29. The highest BCUT2D eigenvalue weighted by Crippen LogP contribution is 2.36. The second kappa shape index (κ2) is 5.54. The van der Waals surface area contributed by atoms with E-state index >= 15 is 0 Å². The summed E-state index contributed by atoms with van der Waals surface area (Å²) in [5.74, 6) is 0.529. The molecule has 0 amide bonds. The van der Waals surface area contributed by atoms with Crippen LogP contribution in [0.4, 0.5) is 4.39 Å². The summed E-state index contributed by atoms with van der Waals surface area (Å²) in [5, 5.41) is 3.50. The minimum absolute atomic E-state index is 0.157. The lowest BCUT2D eigenvalue weighted by atomic mass is 9.76. The Morgan fingerprint density at radius 1 is 1.00 bits per heavy atom. The van der Waals surface area contributed by atoms with Gasteiger partial charge in [0.1, 0.15) is 5.82 Å². The van der Waals surface area contributed by atoms with E-state index in [1.165, 1.54) is 24.5 Å². The molecule has 0 heterocycles. The third kappa shape index (κ3) is 3.02. The van der Waals surface area contributed by atoms with Crippen molar-refractivity contribution < 1.29 is 4.39 Å². The first kappa shape index (κ1) is 12.4. The van der Waals surface area contributed by atoms with Crippen molar-refractivity contribution in [3.8, 4) is 0 Å². The Hall–Kier alpha value is -1.67. The van der Waals surface area contributed by atoms with Gasteiger partial charge in [-0.05, 0) is 42.0 Å². The van der Waals surface area contributed by atoms with Gasteiger partial charge in [0.25, 0.3) is 0 Å². The molecule has 3 rings (SSSR count). The first-order chi connectivity index (χ1) is 9.31. The van der Waals surface area contributed by atoms with Gasteiger partial charge in [-0.15, -0.1) is 0 Å². The summed E-state index contributed by atoms with van der Waals surface area (Å²) in [6.45, 7) is 0.754. The average molecular weight is 255 g/mol. The Morgan fingerprint density at radius 3 is 2.53 bits per heavy atom. The van der Waals surface area contributed by atoms with Gasteiger partial charge in [0.2, 0.25) is 0 Å². The van der Waals surface area contributed by atoms with Crippen LogP contribution in [-0.2, 0) is 6.54 Å². The van der Waals surface area contributed by atoms with E-state index in [-0.39, 0.29) is 5.82 Å². The lowest BCUT2D eigenvalue weighted by Gasteiger charge is -2.36. The van der Waals surface area contributed by atoms with Gasteiger partial charge in [-0.25, -0.2) is 4.39 Å². The smallest absolute Gasteiger partial charge is 0.123 e. The SMILES string of the molecule is Fc1cccc(CNC2CC(c3ccccc3)C2)c1. The molecule has 0 bridgehead atoms.